The molecule has 2 atom stereocenters. The van der Waals surface area contributed by atoms with E-state index >= 15 is 0 Å². The lowest BCUT2D eigenvalue weighted by Crippen LogP contribution is -2.43. The minimum atomic E-state index is -3.56. The summed E-state index contributed by atoms with van der Waals surface area (Å²) >= 11 is 0. The van der Waals surface area contributed by atoms with Crippen LogP contribution < -0.4 is 4.72 Å². The second kappa shape index (κ2) is 7.58. The molecule has 1 fully saturated rings. The van der Waals surface area contributed by atoms with Crippen LogP contribution in [0.25, 0.3) is 6.08 Å². The summed E-state index contributed by atoms with van der Waals surface area (Å²) in [4.78, 5) is 0.453. The molecule has 0 unspecified atom stereocenters. The minimum absolute atomic E-state index is 0.281. The van der Waals surface area contributed by atoms with Crippen molar-refractivity contribution in [2.45, 2.75) is 51.3 Å². The van der Waals surface area contributed by atoms with Gasteiger partial charge in [-0.15, -0.1) is 0 Å². The minimum Gasteiger partial charge on any atom is -0.372 e. The Bertz CT molecular complexity index is 949. The van der Waals surface area contributed by atoms with Crippen LogP contribution in [0.2, 0.25) is 0 Å². The summed E-state index contributed by atoms with van der Waals surface area (Å²) in [5.41, 5.74) is 3.11. The van der Waals surface area contributed by atoms with Crippen LogP contribution in [0.1, 0.15) is 49.0 Å². The van der Waals surface area contributed by atoms with Crippen molar-refractivity contribution in [1.29, 1.82) is 0 Å². The molecule has 2 aromatic rings. The number of aromatic nitrogens is 2. The number of allylic oxidation sites excluding steroid dienone is 1. The number of nitrogens with zero attached hydrogens (tertiary/aromatic N) is 2. The van der Waals surface area contributed by atoms with Gasteiger partial charge in [-0.25, -0.2) is 13.1 Å². The zero-order valence-electron chi connectivity index (χ0n) is 15.5. The SMILES string of the molecule is CCn1cc([C@H]2OCCC[C@@H]2NS(=O)(=O)C2=Cc3ccccc3CC2)cn1. The third-order valence-electron chi connectivity index (χ3n) is 5.29. The quantitative estimate of drug-likeness (QED) is 0.856. The Kier molecular flexibility index (Phi) is 5.16. The first-order valence-corrected chi connectivity index (χ1v) is 11.0. The van der Waals surface area contributed by atoms with Crippen molar-refractivity contribution in [3.05, 3.63) is 58.3 Å². The number of benzene rings is 1. The number of hydrogen-bond acceptors (Lipinski definition) is 4. The molecule has 7 heteroatoms. The lowest BCUT2D eigenvalue weighted by atomic mass is 9.98. The van der Waals surface area contributed by atoms with Crippen LogP contribution >= 0.6 is 0 Å². The molecule has 6 nitrogen and oxygen atoms in total. The molecule has 4 rings (SSSR count). The Labute approximate surface area is 160 Å². The topological polar surface area (TPSA) is 73.2 Å². The summed E-state index contributed by atoms with van der Waals surface area (Å²) in [7, 11) is -3.56. The molecule has 2 heterocycles. The molecular formula is C20H25N3O3S. The molecule has 1 aromatic heterocycles. The van der Waals surface area contributed by atoms with Gasteiger partial charge in [0.2, 0.25) is 10.0 Å². The van der Waals surface area contributed by atoms with E-state index in [9.17, 15) is 8.42 Å². The van der Waals surface area contributed by atoms with Crippen LogP contribution in [0.4, 0.5) is 0 Å². The zero-order valence-corrected chi connectivity index (χ0v) is 16.3. The van der Waals surface area contributed by atoms with E-state index in [4.69, 9.17) is 4.74 Å². The van der Waals surface area contributed by atoms with Crippen molar-refractivity contribution in [3.8, 4) is 0 Å². The fourth-order valence-corrected chi connectivity index (χ4v) is 5.27. The summed E-state index contributed by atoms with van der Waals surface area (Å²) in [6, 6.07) is 7.67. The van der Waals surface area contributed by atoms with Gasteiger partial charge in [-0.05, 0) is 49.8 Å². The van der Waals surface area contributed by atoms with Crippen molar-refractivity contribution in [1.82, 2.24) is 14.5 Å². The second-order valence-corrected chi connectivity index (χ2v) is 8.87. The smallest absolute Gasteiger partial charge is 0.237 e. The Morgan fingerprint density at radius 2 is 2.15 bits per heavy atom. The molecule has 144 valence electrons. The van der Waals surface area contributed by atoms with Gasteiger partial charge in [-0.2, -0.15) is 5.10 Å². The first kappa shape index (κ1) is 18.4. The summed E-state index contributed by atoms with van der Waals surface area (Å²) in [6.07, 6.45) is 8.08. The molecule has 27 heavy (non-hydrogen) atoms. The molecule has 0 amide bonds. The monoisotopic (exact) mass is 387 g/mol. The number of aryl methyl sites for hydroxylation is 2. The Balaban J connectivity index is 1.56. The Morgan fingerprint density at radius 3 is 2.96 bits per heavy atom. The fraction of sp³-hybridized carbons (Fsp3) is 0.450. The predicted octanol–water partition coefficient (Wildman–Crippen LogP) is 3.03. The maximum atomic E-state index is 13.0. The lowest BCUT2D eigenvalue weighted by Gasteiger charge is -2.32. The molecular weight excluding hydrogens is 362 g/mol. The van der Waals surface area contributed by atoms with Crippen LogP contribution in [0.3, 0.4) is 0 Å². The molecule has 1 aliphatic heterocycles. The van der Waals surface area contributed by atoms with E-state index in [0.717, 1.165) is 36.9 Å². The molecule has 0 spiro atoms. The average Bonchev–Trinajstić information content (AvgIpc) is 3.17. The highest BCUT2D eigenvalue weighted by Crippen LogP contribution is 2.31. The first-order chi connectivity index (χ1) is 13.1. The highest BCUT2D eigenvalue weighted by atomic mass is 32.2. The van der Waals surface area contributed by atoms with Gasteiger partial charge < -0.3 is 4.74 Å². The summed E-state index contributed by atoms with van der Waals surface area (Å²) in [5, 5.41) is 4.30. The van der Waals surface area contributed by atoms with Gasteiger partial charge in [0, 0.05) is 24.9 Å². The van der Waals surface area contributed by atoms with Gasteiger partial charge in [0.25, 0.3) is 0 Å². The van der Waals surface area contributed by atoms with Gasteiger partial charge in [-0.1, -0.05) is 24.3 Å². The molecule has 0 radical (unpaired) electrons. The van der Waals surface area contributed by atoms with Crippen LogP contribution in [0, 0.1) is 0 Å². The Morgan fingerprint density at radius 1 is 1.30 bits per heavy atom. The van der Waals surface area contributed by atoms with E-state index in [1.165, 1.54) is 5.56 Å². The van der Waals surface area contributed by atoms with Gasteiger partial charge in [0.15, 0.2) is 0 Å². The van der Waals surface area contributed by atoms with E-state index in [2.05, 4.69) is 15.9 Å². The van der Waals surface area contributed by atoms with Crippen LogP contribution in [-0.2, 0) is 27.7 Å². The molecule has 1 N–H and O–H groups in total. The standard InChI is InChI=1S/C20H25N3O3S/c1-2-23-14-17(13-21-23)20-19(8-5-11-26-20)22-27(24,25)18-10-9-15-6-3-4-7-16(15)12-18/h3-4,6-7,12-14,19-20,22H,2,5,8-11H2,1H3/t19-,20+/m0/s1. The molecule has 0 saturated carbocycles. The van der Waals surface area contributed by atoms with Crippen molar-refractivity contribution in [2.24, 2.45) is 0 Å². The first-order valence-electron chi connectivity index (χ1n) is 9.51. The molecule has 1 aromatic carbocycles. The van der Waals surface area contributed by atoms with Crippen molar-refractivity contribution >= 4 is 16.1 Å². The van der Waals surface area contributed by atoms with Gasteiger partial charge in [0.1, 0.15) is 6.10 Å². The molecule has 2 aliphatic rings. The van der Waals surface area contributed by atoms with Gasteiger partial charge in [0.05, 0.1) is 17.1 Å². The van der Waals surface area contributed by atoms with Crippen molar-refractivity contribution in [2.75, 3.05) is 6.61 Å². The normalized spacial score (nSPS) is 22.9. The Hall–Kier alpha value is -1.96. The number of hydrogen-bond donors (Lipinski definition) is 1. The summed E-state index contributed by atoms with van der Waals surface area (Å²) in [6.45, 7) is 3.43. The maximum absolute atomic E-state index is 13.0. The second-order valence-electron chi connectivity index (χ2n) is 7.10. The number of sulfonamides is 1. The number of fused-ring (bicyclic) bond motifs is 1. The van der Waals surface area contributed by atoms with Crippen molar-refractivity contribution in [3.63, 3.8) is 0 Å². The third kappa shape index (κ3) is 3.85. The summed E-state index contributed by atoms with van der Waals surface area (Å²) in [5.74, 6) is 0. The highest BCUT2D eigenvalue weighted by Gasteiger charge is 2.33. The third-order valence-corrected chi connectivity index (χ3v) is 6.92. The molecule has 0 bridgehead atoms. The highest BCUT2D eigenvalue weighted by molar-refractivity contribution is 7.93. The average molecular weight is 388 g/mol. The van der Waals surface area contributed by atoms with E-state index in [1.54, 1.807) is 12.3 Å². The number of nitrogens with one attached hydrogen (secondary N) is 1. The predicted molar refractivity (Wildman–Crippen MR) is 104 cm³/mol. The van der Waals surface area contributed by atoms with Crippen LogP contribution in [0.15, 0.2) is 41.6 Å². The van der Waals surface area contributed by atoms with Gasteiger partial charge in [-0.3, -0.25) is 4.68 Å². The number of rotatable bonds is 5. The van der Waals surface area contributed by atoms with E-state index in [0.29, 0.717) is 17.9 Å². The van der Waals surface area contributed by atoms with E-state index in [-0.39, 0.29) is 12.1 Å². The lowest BCUT2D eigenvalue weighted by molar-refractivity contribution is -0.00441. The summed E-state index contributed by atoms with van der Waals surface area (Å²) < 4.78 is 36.8. The largest absolute Gasteiger partial charge is 0.372 e. The van der Waals surface area contributed by atoms with E-state index in [1.807, 2.05) is 36.0 Å². The van der Waals surface area contributed by atoms with Crippen LogP contribution in [0.5, 0.6) is 0 Å². The fourth-order valence-electron chi connectivity index (χ4n) is 3.82. The molecule has 1 saturated heterocycles. The molecule has 1 aliphatic carbocycles. The number of ether oxygens (including phenoxy) is 1. The maximum Gasteiger partial charge on any atom is 0.237 e. The zero-order chi connectivity index (χ0) is 18.9. The van der Waals surface area contributed by atoms with E-state index < -0.39 is 10.0 Å². The van der Waals surface area contributed by atoms with Crippen LogP contribution in [-0.4, -0.2) is 30.8 Å². The van der Waals surface area contributed by atoms with Gasteiger partial charge >= 0.3 is 0 Å². The van der Waals surface area contributed by atoms with Crippen molar-refractivity contribution < 1.29 is 13.2 Å².